The number of aromatic nitrogens is 2. The molecule has 0 bridgehead atoms. The summed E-state index contributed by atoms with van der Waals surface area (Å²) >= 11 is 0. The van der Waals surface area contributed by atoms with E-state index in [2.05, 4.69) is 45.6 Å². The zero-order chi connectivity index (χ0) is 20.1. The number of amides is 1. The van der Waals surface area contributed by atoms with Gasteiger partial charge in [0.05, 0.1) is 52.5 Å². The van der Waals surface area contributed by atoms with Crippen LogP contribution in [0.2, 0.25) is 0 Å². The highest BCUT2D eigenvalue weighted by molar-refractivity contribution is 5.92. The SMILES string of the molecule is CCN=C=NCCC[N+](C)(C)CCOCCNC(=O)c1cc([N+](=O)[O-])[nH]n1. The Bertz CT molecular complexity index is 665. The molecule has 0 saturated carbocycles. The first-order chi connectivity index (χ1) is 12.9. The third-order valence-electron chi connectivity index (χ3n) is 3.70. The van der Waals surface area contributed by atoms with Gasteiger partial charge in [-0.1, -0.05) is 5.10 Å². The first-order valence-electron chi connectivity index (χ1n) is 8.81. The van der Waals surface area contributed by atoms with Gasteiger partial charge in [-0.25, -0.2) is 9.98 Å². The van der Waals surface area contributed by atoms with Crippen LogP contribution in [0.4, 0.5) is 5.82 Å². The van der Waals surface area contributed by atoms with Gasteiger partial charge >= 0.3 is 5.82 Å². The Balaban J connectivity index is 2.13. The lowest BCUT2D eigenvalue weighted by Crippen LogP contribution is -2.43. The van der Waals surface area contributed by atoms with Crippen molar-refractivity contribution in [2.75, 3.05) is 60.0 Å². The fourth-order valence-corrected chi connectivity index (χ4v) is 2.12. The molecule has 0 spiro atoms. The van der Waals surface area contributed by atoms with Crippen molar-refractivity contribution < 1.29 is 18.9 Å². The van der Waals surface area contributed by atoms with Crippen LogP contribution in [0.25, 0.3) is 0 Å². The summed E-state index contributed by atoms with van der Waals surface area (Å²) in [5.74, 6) is -0.800. The van der Waals surface area contributed by atoms with Gasteiger partial charge in [0.25, 0.3) is 5.91 Å². The quantitative estimate of drug-likeness (QED) is 0.170. The maximum atomic E-state index is 11.8. The Hall–Kier alpha value is -2.62. The Morgan fingerprint density at radius 1 is 1.41 bits per heavy atom. The van der Waals surface area contributed by atoms with Crippen LogP contribution in [0.3, 0.4) is 0 Å². The number of likely N-dealkylation sites (N-methyl/N-ethyl adjacent to an activating group) is 1. The number of carbonyl (C=O) groups is 1. The van der Waals surface area contributed by atoms with Crippen LogP contribution in [0.5, 0.6) is 0 Å². The Kier molecular flexibility index (Phi) is 9.88. The van der Waals surface area contributed by atoms with E-state index in [1.165, 1.54) is 0 Å². The van der Waals surface area contributed by atoms with E-state index in [1.54, 1.807) is 0 Å². The summed E-state index contributed by atoms with van der Waals surface area (Å²) in [6.07, 6.45) is 0.949. The fourth-order valence-electron chi connectivity index (χ4n) is 2.12. The standard InChI is InChI=1S/C16H27N7O4/c1-4-17-13-18-6-5-8-23(2,3)9-11-27-10-7-19-16(24)14-12-15(21-20-14)22(25)26/h12H,4-11H2,1-3H3,(H-,19,20,21,24)/p+1. The molecule has 0 aliphatic carbocycles. The number of aromatic amines is 1. The molecule has 1 aromatic rings. The number of hydrogen-bond donors (Lipinski definition) is 2. The molecular formula is C16H28N7O4+. The molecule has 2 N–H and O–H groups in total. The molecule has 0 aromatic carbocycles. The molecule has 0 saturated heterocycles. The van der Waals surface area contributed by atoms with E-state index in [1.807, 2.05) is 6.92 Å². The average Bonchev–Trinajstić information content (AvgIpc) is 3.11. The zero-order valence-electron chi connectivity index (χ0n) is 16.1. The first-order valence-corrected chi connectivity index (χ1v) is 8.81. The highest BCUT2D eigenvalue weighted by atomic mass is 16.6. The van der Waals surface area contributed by atoms with E-state index in [-0.39, 0.29) is 11.5 Å². The maximum Gasteiger partial charge on any atom is 0.343 e. The second-order valence-electron chi connectivity index (χ2n) is 6.46. The molecule has 11 heteroatoms. The second-order valence-corrected chi connectivity index (χ2v) is 6.46. The molecule has 1 heterocycles. The summed E-state index contributed by atoms with van der Waals surface area (Å²) in [5, 5.41) is 18.9. The van der Waals surface area contributed by atoms with Crippen molar-refractivity contribution in [2.45, 2.75) is 13.3 Å². The van der Waals surface area contributed by atoms with Crippen LogP contribution in [0, 0.1) is 10.1 Å². The fraction of sp³-hybridized carbons (Fsp3) is 0.688. The van der Waals surface area contributed by atoms with Gasteiger partial charge in [-0.2, -0.15) is 0 Å². The predicted octanol–water partition coefficient (Wildman–Crippen LogP) is 0.725. The number of ether oxygens (including phenoxy) is 1. The monoisotopic (exact) mass is 382 g/mol. The molecule has 1 rings (SSSR count). The highest BCUT2D eigenvalue weighted by Crippen LogP contribution is 2.07. The third kappa shape index (κ3) is 9.59. The van der Waals surface area contributed by atoms with Crippen LogP contribution < -0.4 is 5.32 Å². The normalized spacial score (nSPS) is 10.9. The summed E-state index contributed by atoms with van der Waals surface area (Å²) in [6, 6.07) is 3.75. The van der Waals surface area contributed by atoms with Crippen molar-refractivity contribution in [1.29, 1.82) is 0 Å². The molecule has 27 heavy (non-hydrogen) atoms. The molecule has 1 amide bonds. The highest BCUT2D eigenvalue weighted by Gasteiger charge is 2.16. The van der Waals surface area contributed by atoms with E-state index in [0.717, 1.165) is 30.1 Å². The summed E-state index contributed by atoms with van der Waals surface area (Å²) in [4.78, 5) is 29.7. The zero-order valence-corrected chi connectivity index (χ0v) is 16.1. The van der Waals surface area contributed by atoms with Gasteiger partial charge in [-0.05, 0) is 11.8 Å². The summed E-state index contributed by atoms with van der Waals surface area (Å²) in [7, 11) is 4.25. The molecule has 1 aromatic heterocycles. The Morgan fingerprint density at radius 2 is 2.19 bits per heavy atom. The molecule has 11 nitrogen and oxygen atoms in total. The van der Waals surface area contributed by atoms with Crippen LogP contribution in [-0.4, -0.2) is 91.6 Å². The minimum Gasteiger partial charge on any atom is -0.374 e. The minimum atomic E-state index is -0.641. The number of carbonyl (C=O) groups excluding carboxylic acids is 1. The molecule has 150 valence electrons. The Morgan fingerprint density at radius 3 is 2.85 bits per heavy atom. The number of hydrogen-bond acceptors (Lipinski definition) is 7. The van der Waals surface area contributed by atoms with Gasteiger partial charge in [0.2, 0.25) is 0 Å². The second kappa shape index (κ2) is 11.9. The third-order valence-corrected chi connectivity index (χ3v) is 3.70. The number of nitrogens with one attached hydrogen (secondary N) is 2. The van der Waals surface area contributed by atoms with Gasteiger partial charge in [-0.3, -0.25) is 4.79 Å². The van der Waals surface area contributed by atoms with Crippen molar-refractivity contribution in [2.24, 2.45) is 9.98 Å². The summed E-state index contributed by atoms with van der Waals surface area (Å²) < 4.78 is 6.35. The summed E-state index contributed by atoms with van der Waals surface area (Å²) in [5.41, 5.74) is -0.0221. The molecule has 0 aliphatic heterocycles. The van der Waals surface area contributed by atoms with Crippen molar-refractivity contribution >= 4 is 17.7 Å². The summed E-state index contributed by atoms with van der Waals surface area (Å²) in [6.45, 7) is 6.39. The number of quaternary nitrogens is 1. The van der Waals surface area contributed by atoms with Crippen molar-refractivity contribution in [3.8, 4) is 0 Å². The van der Waals surface area contributed by atoms with Gasteiger partial charge in [0, 0.05) is 19.5 Å². The molecule has 0 atom stereocenters. The van der Waals surface area contributed by atoms with Gasteiger partial charge in [0.1, 0.15) is 6.54 Å². The topological polar surface area (TPSA) is 135 Å². The van der Waals surface area contributed by atoms with E-state index < -0.39 is 10.8 Å². The number of nitro groups is 1. The van der Waals surface area contributed by atoms with Crippen LogP contribution in [0.1, 0.15) is 23.8 Å². The van der Waals surface area contributed by atoms with Gasteiger partial charge < -0.3 is 24.7 Å². The number of H-pyrrole nitrogens is 1. The number of aliphatic imine (C=N–C) groups is 2. The van der Waals surface area contributed by atoms with Crippen LogP contribution in [0.15, 0.2) is 16.1 Å². The van der Waals surface area contributed by atoms with Crippen molar-refractivity contribution in [1.82, 2.24) is 15.5 Å². The van der Waals surface area contributed by atoms with E-state index in [9.17, 15) is 14.9 Å². The van der Waals surface area contributed by atoms with Gasteiger partial charge in [0.15, 0.2) is 5.69 Å². The first kappa shape index (κ1) is 22.4. The van der Waals surface area contributed by atoms with Crippen LogP contribution in [-0.2, 0) is 4.74 Å². The number of nitrogens with zero attached hydrogens (tertiary/aromatic N) is 5. The maximum absolute atomic E-state index is 11.8. The van der Waals surface area contributed by atoms with Crippen LogP contribution >= 0.6 is 0 Å². The largest absolute Gasteiger partial charge is 0.374 e. The lowest BCUT2D eigenvalue weighted by Gasteiger charge is -2.29. The molecular weight excluding hydrogens is 354 g/mol. The number of rotatable bonds is 13. The Labute approximate surface area is 158 Å². The lowest BCUT2D eigenvalue weighted by molar-refractivity contribution is -0.890. The molecule has 0 fully saturated rings. The van der Waals surface area contributed by atoms with Crippen molar-refractivity contribution in [3.05, 3.63) is 21.9 Å². The molecule has 0 aliphatic rings. The molecule has 0 radical (unpaired) electrons. The predicted molar refractivity (Wildman–Crippen MR) is 100 cm³/mol. The van der Waals surface area contributed by atoms with E-state index >= 15 is 0 Å². The minimum absolute atomic E-state index is 0.0221. The smallest absolute Gasteiger partial charge is 0.343 e. The van der Waals surface area contributed by atoms with Crippen molar-refractivity contribution in [3.63, 3.8) is 0 Å². The average molecular weight is 382 g/mol. The van der Waals surface area contributed by atoms with E-state index in [4.69, 9.17) is 4.74 Å². The molecule has 0 unspecified atom stereocenters. The van der Waals surface area contributed by atoms with E-state index in [0.29, 0.717) is 32.8 Å². The van der Waals surface area contributed by atoms with Gasteiger partial charge in [-0.15, -0.1) is 5.10 Å². The lowest BCUT2D eigenvalue weighted by atomic mass is 10.3.